The fraction of sp³-hybridized carbons (Fsp3) is 0.438. The molecule has 0 unspecified atom stereocenters. The van der Waals surface area contributed by atoms with E-state index in [-0.39, 0.29) is 31.2 Å². The summed E-state index contributed by atoms with van der Waals surface area (Å²) >= 11 is 0. The van der Waals surface area contributed by atoms with Crippen molar-refractivity contribution in [1.29, 1.82) is 0 Å². The van der Waals surface area contributed by atoms with Crippen molar-refractivity contribution in [2.75, 3.05) is 20.1 Å². The maximum atomic E-state index is 12.0. The summed E-state index contributed by atoms with van der Waals surface area (Å²) in [5, 5.41) is 19.4. The number of guanidine groups is 1. The molecule has 8 N–H and O–H groups in total. The molecule has 11 nitrogen and oxygen atoms in total. The molecule has 0 spiro atoms. The Morgan fingerprint density at radius 2 is 1.79 bits per heavy atom. The SMILES string of the molecule is CNCC(=O)O.NC(N)=NCCC[C@H](NS(=O)(=O)Cc1ccccc1)C(=O)O. The molecule has 0 aromatic heterocycles. The van der Waals surface area contributed by atoms with Crippen LogP contribution < -0.4 is 21.5 Å². The quantitative estimate of drug-likeness (QED) is 0.147. The Hall–Kier alpha value is -2.70. The lowest BCUT2D eigenvalue weighted by Crippen LogP contribution is -2.41. The number of nitrogens with one attached hydrogen (secondary N) is 2. The van der Waals surface area contributed by atoms with Crippen molar-refractivity contribution >= 4 is 27.9 Å². The van der Waals surface area contributed by atoms with Crippen molar-refractivity contribution in [3.05, 3.63) is 35.9 Å². The van der Waals surface area contributed by atoms with Crippen LogP contribution in [0.1, 0.15) is 18.4 Å². The van der Waals surface area contributed by atoms with E-state index in [2.05, 4.69) is 15.0 Å². The van der Waals surface area contributed by atoms with E-state index in [0.717, 1.165) is 0 Å². The van der Waals surface area contributed by atoms with Crippen LogP contribution in [0.2, 0.25) is 0 Å². The number of likely N-dealkylation sites (N-methyl/N-ethyl adjacent to an activating group) is 1. The molecule has 0 bridgehead atoms. The number of hydrogen-bond acceptors (Lipinski definition) is 6. The van der Waals surface area contributed by atoms with E-state index in [1.54, 1.807) is 37.4 Å². The third-order valence-electron chi connectivity index (χ3n) is 3.09. The number of nitrogens with zero attached hydrogens (tertiary/aromatic N) is 1. The number of benzene rings is 1. The summed E-state index contributed by atoms with van der Waals surface area (Å²) < 4.78 is 26.2. The Kier molecular flexibility index (Phi) is 12.2. The van der Waals surface area contributed by atoms with Crippen molar-refractivity contribution in [3.8, 4) is 0 Å². The Labute approximate surface area is 163 Å². The van der Waals surface area contributed by atoms with Gasteiger partial charge in [-0.1, -0.05) is 30.3 Å². The van der Waals surface area contributed by atoms with Crippen LogP contribution >= 0.6 is 0 Å². The Morgan fingerprint density at radius 3 is 2.21 bits per heavy atom. The van der Waals surface area contributed by atoms with Gasteiger partial charge in [-0.2, -0.15) is 0 Å². The van der Waals surface area contributed by atoms with Gasteiger partial charge in [0, 0.05) is 6.54 Å². The molecule has 0 saturated heterocycles. The number of carboxylic acid groups (broad SMARTS) is 2. The molecular formula is C16H27N5O6S. The molecule has 0 aliphatic carbocycles. The van der Waals surface area contributed by atoms with Gasteiger partial charge >= 0.3 is 11.9 Å². The number of nitrogens with two attached hydrogens (primary N) is 2. The Morgan fingerprint density at radius 1 is 1.18 bits per heavy atom. The van der Waals surface area contributed by atoms with Crippen molar-refractivity contribution in [1.82, 2.24) is 10.0 Å². The molecule has 0 heterocycles. The highest BCUT2D eigenvalue weighted by molar-refractivity contribution is 7.88. The van der Waals surface area contributed by atoms with Gasteiger partial charge < -0.3 is 27.0 Å². The number of sulfonamides is 1. The van der Waals surface area contributed by atoms with E-state index in [1.807, 2.05) is 0 Å². The number of rotatable bonds is 11. The molecule has 0 aliphatic rings. The first-order chi connectivity index (χ1) is 13.1. The second kappa shape index (κ2) is 13.5. The van der Waals surface area contributed by atoms with Crippen LogP contribution in [0.5, 0.6) is 0 Å². The summed E-state index contributed by atoms with van der Waals surface area (Å²) in [5.74, 6) is -2.42. The first-order valence-electron chi connectivity index (χ1n) is 8.26. The van der Waals surface area contributed by atoms with Crippen LogP contribution in [0, 0.1) is 0 Å². The predicted molar refractivity (Wildman–Crippen MR) is 105 cm³/mol. The number of carboxylic acids is 2. The third-order valence-corrected chi connectivity index (χ3v) is 4.45. The summed E-state index contributed by atoms with van der Waals surface area (Å²) in [6.45, 7) is 0.284. The molecular weight excluding hydrogens is 390 g/mol. The third kappa shape index (κ3) is 13.5. The number of hydrogen-bond donors (Lipinski definition) is 6. The van der Waals surface area contributed by atoms with Crippen molar-refractivity contribution in [2.24, 2.45) is 16.5 Å². The standard InChI is InChI=1S/C13H20N4O4S.C3H7NO2/c14-13(15)16-8-4-7-11(12(18)19)17-22(20,21)9-10-5-2-1-3-6-10;1-4-2-3(5)6/h1-3,5-6,11,17H,4,7-9H2,(H,18,19)(H4,14,15,16);4H,2H2,1H3,(H,5,6)/t11-;/m0./s1. The highest BCUT2D eigenvalue weighted by Crippen LogP contribution is 2.07. The second-order valence-corrected chi connectivity index (χ2v) is 7.38. The van der Waals surface area contributed by atoms with Gasteiger partial charge in [0.25, 0.3) is 0 Å². The zero-order chi connectivity index (χ0) is 21.6. The minimum absolute atomic E-state index is 0.0417. The Balaban J connectivity index is 0.00000105. The fourth-order valence-electron chi connectivity index (χ4n) is 1.94. The van der Waals surface area contributed by atoms with E-state index in [9.17, 15) is 18.0 Å². The molecule has 1 aromatic carbocycles. The number of carbonyl (C=O) groups is 2. The average molecular weight is 417 g/mol. The monoisotopic (exact) mass is 417 g/mol. The normalized spacial score (nSPS) is 11.6. The van der Waals surface area contributed by atoms with Crippen LogP contribution in [0.4, 0.5) is 0 Å². The van der Waals surface area contributed by atoms with Crippen LogP contribution in [0.25, 0.3) is 0 Å². The summed E-state index contributed by atoms with van der Waals surface area (Å²) in [6.07, 6.45) is 0.447. The van der Waals surface area contributed by atoms with E-state index in [1.165, 1.54) is 0 Å². The van der Waals surface area contributed by atoms with Crippen LogP contribution in [-0.4, -0.2) is 62.7 Å². The largest absolute Gasteiger partial charge is 0.480 e. The van der Waals surface area contributed by atoms with Gasteiger partial charge in [0.2, 0.25) is 10.0 Å². The van der Waals surface area contributed by atoms with Gasteiger partial charge in [-0.3, -0.25) is 14.6 Å². The first kappa shape index (κ1) is 25.3. The van der Waals surface area contributed by atoms with E-state index < -0.39 is 28.0 Å². The lowest BCUT2D eigenvalue weighted by Gasteiger charge is -2.14. The average Bonchev–Trinajstić information content (AvgIpc) is 2.58. The van der Waals surface area contributed by atoms with Crippen LogP contribution in [0.3, 0.4) is 0 Å². The van der Waals surface area contributed by atoms with Gasteiger partial charge in [0.1, 0.15) is 6.04 Å². The van der Waals surface area contributed by atoms with Crippen LogP contribution in [0.15, 0.2) is 35.3 Å². The van der Waals surface area contributed by atoms with Crippen molar-refractivity contribution < 1.29 is 28.2 Å². The van der Waals surface area contributed by atoms with E-state index in [0.29, 0.717) is 12.0 Å². The molecule has 0 aliphatic heterocycles. The summed E-state index contributed by atoms with van der Waals surface area (Å²) in [5.41, 5.74) is 10.9. The molecule has 158 valence electrons. The van der Waals surface area contributed by atoms with E-state index in [4.69, 9.17) is 21.7 Å². The zero-order valence-electron chi connectivity index (χ0n) is 15.5. The topological polar surface area (TPSA) is 197 Å². The molecule has 1 atom stereocenters. The molecule has 1 aromatic rings. The van der Waals surface area contributed by atoms with Gasteiger partial charge in [-0.25, -0.2) is 13.1 Å². The summed E-state index contributed by atoms with van der Waals surface area (Å²) in [7, 11) is -2.16. The molecule has 28 heavy (non-hydrogen) atoms. The summed E-state index contributed by atoms with van der Waals surface area (Å²) in [4.78, 5) is 24.4. The van der Waals surface area contributed by atoms with Crippen molar-refractivity contribution in [2.45, 2.75) is 24.6 Å². The van der Waals surface area contributed by atoms with Gasteiger partial charge in [-0.05, 0) is 25.5 Å². The maximum absolute atomic E-state index is 12.0. The Bertz CT molecular complexity index is 735. The van der Waals surface area contributed by atoms with Gasteiger partial charge in [-0.15, -0.1) is 0 Å². The lowest BCUT2D eigenvalue weighted by molar-refractivity contribution is -0.139. The molecule has 0 saturated carbocycles. The highest BCUT2D eigenvalue weighted by atomic mass is 32.2. The molecule has 12 heteroatoms. The minimum atomic E-state index is -3.75. The molecule has 0 fully saturated rings. The highest BCUT2D eigenvalue weighted by Gasteiger charge is 2.23. The first-order valence-corrected chi connectivity index (χ1v) is 9.91. The summed E-state index contributed by atoms with van der Waals surface area (Å²) in [6, 6.07) is 7.32. The van der Waals surface area contributed by atoms with Gasteiger partial charge in [0.05, 0.1) is 12.3 Å². The molecule has 0 radical (unpaired) electrons. The zero-order valence-corrected chi connectivity index (χ0v) is 16.4. The maximum Gasteiger partial charge on any atom is 0.321 e. The smallest absolute Gasteiger partial charge is 0.321 e. The predicted octanol–water partition coefficient (Wildman–Crippen LogP) is -1.10. The molecule has 1 rings (SSSR count). The number of aliphatic imine (C=N–C) groups is 1. The van der Waals surface area contributed by atoms with E-state index >= 15 is 0 Å². The second-order valence-electron chi connectivity index (χ2n) is 5.63. The van der Waals surface area contributed by atoms with Crippen molar-refractivity contribution in [3.63, 3.8) is 0 Å². The minimum Gasteiger partial charge on any atom is -0.480 e. The number of aliphatic carboxylic acids is 2. The molecule has 0 amide bonds. The van der Waals surface area contributed by atoms with Gasteiger partial charge in [0.15, 0.2) is 5.96 Å². The van der Waals surface area contributed by atoms with Crippen LogP contribution in [-0.2, 0) is 25.4 Å². The fourth-order valence-corrected chi connectivity index (χ4v) is 3.31. The lowest BCUT2D eigenvalue weighted by atomic mass is 10.2.